The molecule has 1 aromatic heterocycles. The van der Waals surface area contributed by atoms with Gasteiger partial charge in [0.2, 0.25) is 0 Å². The maximum Gasteiger partial charge on any atom is 0.263 e. The van der Waals surface area contributed by atoms with Crippen molar-refractivity contribution in [3.8, 4) is 5.75 Å². The molecule has 156 valence electrons. The molecule has 1 heterocycles. The summed E-state index contributed by atoms with van der Waals surface area (Å²) in [7, 11) is -3.77. The summed E-state index contributed by atoms with van der Waals surface area (Å²) in [4.78, 5) is 16.2. The summed E-state index contributed by atoms with van der Waals surface area (Å²) in [5, 5.41) is 2.68. The third-order valence-corrected chi connectivity index (χ3v) is 6.11. The molecule has 0 unspecified atom stereocenters. The normalized spacial score (nSPS) is 11.0. The topological polar surface area (TPSA) is 97.4 Å². The molecule has 30 heavy (non-hydrogen) atoms. The number of amides is 1. The van der Waals surface area contributed by atoms with Crippen molar-refractivity contribution in [3.05, 3.63) is 76.9 Å². The Morgan fingerprint density at radius 3 is 2.50 bits per heavy atom. The molecule has 1 amide bonds. The molecule has 3 rings (SSSR count). The van der Waals surface area contributed by atoms with Gasteiger partial charge in [0.05, 0.1) is 9.37 Å². The first-order valence-corrected chi connectivity index (χ1v) is 11.4. The monoisotopic (exact) mass is 489 g/mol. The number of hydrogen-bond donors (Lipinski definition) is 2. The number of anilines is 2. The molecule has 0 saturated heterocycles. The summed E-state index contributed by atoms with van der Waals surface area (Å²) < 4.78 is 33.5. The Hall–Kier alpha value is -2.91. The fourth-order valence-corrected chi connectivity index (χ4v) is 4.11. The van der Waals surface area contributed by atoms with E-state index in [2.05, 4.69) is 37.9 Å². The van der Waals surface area contributed by atoms with Gasteiger partial charge in [-0.25, -0.2) is 13.4 Å². The summed E-state index contributed by atoms with van der Waals surface area (Å²) in [5.74, 6) is 0.443. The first-order valence-electron chi connectivity index (χ1n) is 9.12. The smallest absolute Gasteiger partial charge is 0.263 e. The number of nitrogens with zero attached hydrogens (tertiary/aromatic N) is 1. The number of halogens is 1. The molecule has 2 aromatic carbocycles. The summed E-state index contributed by atoms with van der Waals surface area (Å²) >= 11 is 3.43. The minimum Gasteiger partial charge on any atom is -0.483 e. The largest absolute Gasteiger partial charge is 0.483 e. The van der Waals surface area contributed by atoms with E-state index in [4.69, 9.17) is 4.74 Å². The Bertz CT molecular complexity index is 1120. The molecule has 0 aliphatic carbocycles. The predicted octanol–water partition coefficient (Wildman–Crippen LogP) is 4.22. The molecule has 2 N–H and O–H groups in total. The van der Waals surface area contributed by atoms with E-state index < -0.39 is 10.0 Å². The van der Waals surface area contributed by atoms with Gasteiger partial charge in [-0.1, -0.05) is 19.1 Å². The second kappa shape index (κ2) is 9.73. The van der Waals surface area contributed by atoms with Crippen molar-refractivity contribution >= 4 is 43.4 Å². The van der Waals surface area contributed by atoms with E-state index in [0.29, 0.717) is 11.4 Å². The van der Waals surface area contributed by atoms with Crippen molar-refractivity contribution in [3.63, 3.8) is 0 Å². The first kappa shape index (κ1) is 21.8. The zero-order chi connectivity index (χ0) is 21.6. The average molecular weight is 490 g/mol. The van der Waals surface area contributed by atoms with Crippen LogP contribution in [0.1, 0.15) is 12.5 Å². The lowest BCUT2D eigenvalue weighted by Crippen LogP contribution is -2.20. The SMILES string of the molecule is CCc1ccc(OCC(=O)Nc2ccc(S(=O)(=O)Nc3ccccn3)cc2)c(Br)c1. The van der Waals surface area contributed by atoms with Crippen LogP contribution in [-0.4, -0.2) is 25.9 Å². The van der Waals surface area contributed by atoms with Crippen LogP contribution in [-0.2, 0) is 21.2 Å². The Labute approximate surface area is 183 Å². The van der Waals surface area contributed by atoms with Gasteiger partial charge in [0.1, 0.15) is 11.6 Å². The van der Waals surface area contributed by atoms with Gasteiger partial charge in [-0.15, -0.1) is 0 Å². The third kappa shape index (κ3) is 5.80. The highest BCUT2D eigenvalue weighted by molar-refractivity contribution is 9.10. The molecular weight excluding hydrogens is 470 g/mol. The first-order chi connectivity index (χ1) is 14.4. The lowest BCUT2D eigenvalue weighted by atomic mass is 10.2. The van der Waals surface area contributed by atoms with Gasteiger partial charge in [0, 0.05) is 11.9 Å². The highest BCUT2D eigenvalue weighted by Crippen LogP contribution is 2.26. The molecule has 0 fully saturated rings. The molecular formula is C21H20BrN3O4S. The van der Waals surface area contributed by atoms with E-state index in [0.717, 1.165) is 16.5 Å². The number of nitrogens with one attached hydrogen (secondary N) is 2. The van der Waals surface area contributed by atoms with Crippen LogP contribution in [0.2, 0.25) is 0 Å². The lowest BCUT2D eigenvalue weighted by Gasteiger charge is -2.11. The Kier molecular flexibility index (Phi) is 7.07. The highest BCUT2D eigenvalue weighted by Gasteiger charge is 2.15. The average Bonchev–Trinajstić information content (AvgIpc) is 2.73. The number of carbonyl (C=O) groups excluding carboxylic acids is 1. The van der Waals surface area contributed by atoms with Crippen LogP contribution in [0.4, 0.5) is 11.5 Å². The zero-order valence-corrected chi connectivity index (χ0v) is 18.5. The Morgan fingerprint density at radius 2 is 1.87 bits per heavy atom. The number of aryl methyl sites for hydroxylation is 1. The number of benzene rings is 2. The zero-order valence-electron chi connectivity index (χ0n) is 16.1. The van der Waals surface area contributed by atoms with Crippen LogP contribution in [0.3, 0.4) is 0 Å². The van der Waals surface area contributed by atoms with Crippen molar-refractivity contribution in [1.82, 2.24) is 4.98 Å². The van der Waals surface area contributed by atoms with Crippen LogP contribution in [0.25, 0.3) is 0 Å². The number of sulfonamides is 1. The van der Waals surface area contributed by atoms with Crippen molar-refractivity contribution in [2.45, 2.75) is 18.2 Å². The van der Waals surface area contributed by atoms with Crippen LogP contribution in [0.15, 0.2) is 76.2 Å². The fourth-order valence-electron chi connectivity index (χ4n) is 2.56. The van der Waals surface area contributed by atoms with E-state index in [1.165, 1.54) is 30.5 Å². The molecule has 3 aromatic rings. The number of rotatable bonds is 8. The molecule has 0 radical (unpaired) electrons. The standard InChI is InChI=1S/C21H20BrN3O4S/c1-2-15-6-11-19(18(22)13-15)29-14-21(26)24-16-7-9-17(10-8-16)30(27,28)25-20-5-3-4-12-23-20/h3-13H,2,14H2,1H3,(H,23,25)(H,24,26). The molecule has 0 saturated carbocycles. The Balaban J connectivity index is 1.58. The molecule has 7 nitrogen and oxygen atoms in total. The minimum absolute atomic E-state index is 0.0577. The summed E-state index contributed by atoms with van der Waals surface area (Å²) in [6.07, 6.45) is 2.40. The van der Waals surface area contributed by atoms with Crippen molar-refractivity contribution < 1.29 is 17.9 Å². The van der Waals surface area contributed by atoms with Gasteiger partial charge in [0.15, 0.2) is 6.61 Å². The summed E-state index contributed by atoms with van der Waals surface area (Å²) in [6, 6.07) is 16.5. The highest BCUT2D eigenvalue weighted by atomic mass is 79.9. The quantitative estimate of drug-likeness (QED) is 0.493. The minimum atomic E-state index is -3.77. The number of carbonyl (C=O) groups is 1. The molecule has 9 heteroatoms. The Morgan fingerprint density at radius 1 is 1.10 bits per heavy atom. The van der Waals surface area contributed by atoms with Gasteiger partial charge in [0.25, 0.3) is 15.9 Å². The number of pyridine rings is 1. The third-order valence-electron chi connectivity index (χ3n) is 4.12. The van der Waals surface area contributed by atoms with Crippen LogP contribution < -0.4 is 14.8 Å². The molecule has 0 aliphatic heterocycles. The number of aromatic nitrogens is 1. The van der Waals surface area contributed by atoms with E-state index in [1.54, 1.807) is 18.2 Å². The van der Waals surface area contributed by atoms with E-state index >= 15 is 0 Å². The second-order valence-electron chi connectivity index (χ2n) is 6.30. The predicted molar refractivity (Wildman–Crippen MR) is 119 cm³/mol. The molecule has 0 aliphatic rings. The summed E-state index contributed by atoms with van der Waals surface area (Å²) in [5.41, 5.74) is 1.62. The van der Waals surface area contributed by atoms with Crippen LogP contribution >= 0.6 is 15.9 Å². The van der Waals surface area contributed by atoms with Crippen molar-refractivity contribution in [2.75, 3.05) is 16.6 Å². The van der Waals surface area contributed by atoms with Gasteiger partial charge < -0.3 is 10.1 Å². The van der Waals surface area contributed by atoms with Gasteiger partial charge in [-0.2, -0.15) is 0 Å². The molecule has 0 spiro atoms. The van der Waals surface area contributed by atoms with Crippen LogP contribution in [0.5, 0.6) is 5.75 Å². The van der Waals surface area contributed by atoms with E-state index in [1.807, 2.05) is 18.2 Å². The fraction of sp³-hybridized carbons (Fsp3) is 0.143. The van der Waals surface area contributed by atoms with Gasteiger partial charge >= 0.3 is 0 Å². The molecule has 0 bridgehead atoms. The molecule has 0 atom stereocenters. The van der Waals surface area contributed by atoms with Crippen molar-refractivity contribution in [2.24, 2.45) is 0 Å². The van der Waals surface area contributed by atoms with E-state index in [9.17, 15) is 13.2 Å². The maximum atomic E-state index is 12.4. The summed E-state index contributed by atoms with van der Waals surface area (Å²) in [6.45, 7) is 1.88. The van der Waals surface area contributed by atoms with Gasteiger partial charge in [-0.05, 0) is 76.4 Å². The van der Waals surface area contributed by atoms with Gasteiger partial charge in [-0.3, -0.25) is 9.52 Å². The number of hydrogen-bond acceptors (Lipinski definition) is 5. The lowest BCUT2D eigenvalue weighted by molar-refractivity contribution is -0.118. The maximum absolute atomic E-state index is 12.4. The van der Waals surface area contributed by atoms with E-state index in [-0.39, 0.29) is 23.2 Å². The van der Waals surface area contributed by atoms with Crippen LogP contribution in [0, 0.1) is 0 Å². The second-order valence-corrected chi connectivity index (χ2v) is 8.84. The van der Waals surface area contributed by atoms with Crippen molar-refractivity contribution in [1.29, 1.82) is 0 Å². The number of ether oxygens (including phenoxy) is 1.